The second-order valence-electron chi connectivity index (χ2n) is 6.04. The molecule has 0 saturated heterocycles. The minimum Gasteiger partial charge on any atom is -0.351 e. The maximum absolute atomic E-state index is 12.5. The molecule has 1 aromatic rings. The van der Waals surface area contributed by atoms with Crippen LogP contribution < -0.4 is 10.2 Å². The van der Waals surface area contributed by atoms with E-state index in [2.05, 4.69) is 10.3 Å². The molecule has 0 amide bonds. The average Bonchev–Trinajstić information content (AvgIpc) is 3.18. The number of halogens is 3. The number of anilines is 1. The predicted octanol–water partition coefficient (Wildman–Crippen LogP) is 3.46. The Kier molecular flexibility index (Phi) is 4.76. The standard InChI is InChI=1S/C15H22F3N3/c1-10(2)13-6-11(8-19-12-4-5-12)7-14(20-13)21(3)9-15(16,17)18/h6-7,10,12,19H,4-5,8-9H2,1-3H3. The van der Waals surface area contributed by atoms with E-state index in [-0.39, 0.29) is 5.92 Å². The van der Waals surface area contributed by atoms with Crippen LogP contribution >= 0.6 is 0 Å². The summed E-state index contributed by atoms with van der Waals surface area (Å²) in [5.74, 6) is 0.565. The van der Waals surface area contributed by atoms with Gasteiger partial charge in [0.2, 0.25) is 0 Å². The monoisotopic (exact) mass is 301 g/mol. The lowest BCUT2D eigenvalue weighted by molar-refractivity contribution is -0.119. The van der Waals surface area contributed by atoms with Gasteiger partial charge in [0, 0.05) is 25.3 Å². The van der Waals surface area contributed by atoms with Gasteiger partial charge in [-0.15, -0.1) is 0 Å². The second-order valence-corrected chi connectivity index (χ2v) is 6.04. The molecule has 1 heterocycles. The molecule has 1 aliphatic rings. The fourth-order valence-electron chi connectivity index (χ4n) is 2.09. The van der Waals surface area contributed by atoms with Gasteiger partial charge >= 0.3 is 6.18 Å². The Morgan fingerprint density at radius 3 is 2.52 bits per heavy atom. The molecule has 1 saturated carbocycles. The zero-order valence-electron chi connectivity index (χ0n) is 12.7. The number of hydrogen-bond acceptors (Lipinski definition) is 3. The lowest BCUT2D eigenvalue weighted by Gasteiger charge is -2.22. The van der Waals surface area contributed by atoms with Gasteiger partial charge in [0.15, 0.2) is 0 Å². The van der Waals surface area contributed by atoms with Gasteiger partial charge in [-0.25, -0.2) is 4.98 Å². The molecular weight excluding hydrogens is 279 g/mol. The van der Waals surface area contributed by atoms with E-state index >= 15 is 0 Å². The quantitative estimate of drug-likeness (QED) is 0.872. The minimum atomic E-state index is -4.23. The van der Waals surface area contributed by atoms with Crippen LogP contribution in [0.5, 0.6) is 0 Å². The summed E-state index contributed by atoms with van der Waals surface area (Å²) in [5.41, 5.74) is 1.82. The van der Waals surface area contributed by atoms with Crippen molar-refractivity contribution in [3.8, 4) is 0 Å². The first-order chi connectivity index (χ1) is 9.74. The third-order valence-corrected chi connectivity index (χ3v) is 3.46. The highest BCUT2D eigenvalue weighted by Crippen LogP contribution is 2.24. The first kappa shape index (κ1) is 16.1. The second kappa shape index (κ2) is 6.22. The molecule has 0 spiro atoms. The van der Waals surface area contributed by atoms with Crippen LogP contribution in [0, 0.1) is 0 Å². The lowest BCUT2D eigenvalue weighted by atomic mass is 10.1. The molecule has 21 heavy (non-hydrogen) atoms. The molecule has 0 aliphatic heterocycles. The summed E-state index contributed by atoms with van der Waals surface area (Å²) < 4.78 is 37.6. The smallest absolute Gasteiger partial charge is 0.351 e. The van der Waals surface area contributed by atoms with Crippen molar-refractivity contribution in [2.45, 2.75) is 51.4 Å². The maximum Gasteiger partial charge on any atom is 0.405 e. The van der Waals surface area contributed by atoms with Gasteiger partial charge in [-0.1, -0.05) is 13.8 Å². The maximum atomic E-state index is 12.5. The molecule has 1 aromatic heterocycles. The molecule has 118 valence electrons. The summed E-state index contributed by atoms with van der Waals surface area (Å²) in [6.07, 6.45) is -1.86. The van der Waals surface area contributed by atoms with E-state index < -0.39 is 12.7 Å². The lowest BCUT2D eigenvalue weighted by Crippen LogP contribution is -2.31. The van der Waals surface area contributed by atoms with Crippen molar-refractivity contribution in [1.29, 1.82) is 0 Å². The van der Waals surface area contributed by atoms with Crippen molar-refractivity contribution in [2.24, 2.45) is 0 Å². The number of aromatic nitrogens is 1. The van der Waals surface area contributed by atoms with E-state index in [4.69, 9.17) is 0 Å². The van der Waals surface area contributed by atoms with Gasteiger partial charge in [0.25, 0.3) is 0 Å². The summed E-state index contributed by atoms with van der Waals surface area (Å²) in [7, 11) is 1.43. The molecule has 2 rings (SSSR count). The summed E-state index contributed by atoms with van der Waals surface area (Å²) >= 11 is 0. The van der Waals surface area contributed by atoms with Crippen molar-refractivity contribution in [1.82, 2.24) is 10.3 Å². The Morgan fingerprint density at radius 2 is 2.00 bits per heavy atom. The molecular formula is C15H22F3N3. The van der Waals surface area contributed by atoms with Gasteiger partial charge in [-0.3, -0.25) is 0 Å². The SMILES string of the molecule is CC(C)c1cc(CNC2CC2)cc(N(C)CC(F)(F)F)n1. The van der Waals surface area contributed by atoms with Crippen LogP contribution in [-0.2, 0) is 6.54 Å². The molecule has 0 aromatic carbocycles. The fraction of sp³-hybridized carbons (Fsp3) is 0.667. The van der Waals surface area contributed by atoms with Crippen LogP contribution in [0.3, 0.4) is 0 Å². The molecule has 0 unspecified atom stereocenters. The Morgan fingerprint density at radius 1 is 1.33 bits per heavy atom. The van der Waals surface area contributed by atoms with E-state index in [0.717, 1.165) is 16.2 Å². The Labute approximate surface area is 123 Å². The van der Waals surface area contributed by atoms with Crippen LogP contribution in [0.2, 0.25) is 0 Å². The number of hydrogen-bond donors (Lipinski definition) is 1. The molecule has 0 bridgehead atoms. The van der Waals surface area contributed by atoms with Crippen molar-refractivity contribution in [2.75, 3.05) is 18.5 Å². The summed E-state index contributed by atoms with van der Waals surface area (Å²) in [6.45, 7) is 3.68. The fourth-order valence-corrected chi connectivity index (χ4v) is 2.09. The van der Waals surface area contributed by atoms with Crippen molar-refractivity contribution >= 4 is 5.82 Å². The van der Waals surface area contributed by atoms with E-state index in [1.807, 2.05) is 19.9 Å². The van der Waals surface area contributed by atoms with Crippen LogP contribution in [-0.4, -0.2) is 30.8 Å². The Bertz CT molecular complexity index is 482. The van der Waals surface area contributed by atoms with Crippen LogP contribution in [0.15, 0.2) is 12.1 Å². The van der Waals surface area contributed by atoms with Gasteiger partial charge < -0.3 is 10.2 Å². The third-order valence-electron chi connectivity index (χ3n) is 3.46. The number of nitrogens with zero attached hydrogens (tertiary/aromatic N) is 2. The summed E-state index contributed by atoms with van der Waals surface area (Å²) in [5, 5.41) is 3.38. The molecule has 0 radical (unpaired) electrons. The molecule has 1 N–H and O–H groups in total. The molecule has 3 nitrogen and oxygen atoms in total. The van der Waals surface area contributed by atoms with E-state index in [1.54, 1.807) is 6.07 Å². The molecule has 0 atom stereocenters. The molecule has 6 heteroatoms. The third kappa shape index (κ3) is 5.19. The zero-order valence-corrected chi connectivity index (χ0v) is 12.7. The topological polar surface area (TPSA) is 28.2 Å². The Balaban J connectivity index is 2.17. The van der Waals surface area contributed by atoms with Gasteiger partial charge in [0.05, 0.1) is 0 Å². The molecule has 1 aliphatic carbocycles. The van der Waals surface area contributed by atoms with Crippen LogP contribution in [0.1, 0.15) is 43.9 Å². The number of pyridine rings is 1. The number of rotatable bonds is 6. The highest BCUT2D eigenvalue weighted by atomic mass is 19.4. The number of nitrogens with one attached hydrogen (secondary N) is 1. The van der Waals surface area contributed by atoms with Gasteiger partial charge in [-0.2, -0.15) is 13.2 Å². The van der Waals surface area contributed by atoms with Crippen LogP contribution in [0.25, 0.3) is 0 Å². The van der Waals surface area contributed by atoms with Crippen LogP contribution in [0.4, 0.5) is 19.0 Å². The van der Waals surface area contributed by atoms with Crippen molar-refractivity contribution < 1.29 is 13.2 Å². The largest absolute Gasteiger partial charge is 0.405 e. The van der Waals surface area contributed by atoms with E-state index in [1.165, 1.54) is 19.9 Å². The predicted molar refractivity (Wildman–Crippen MR) is 77.5 cm³/mol. The van der Waals surface area contributed by atoms with Gasteiger partial charge in [-0.05, 0) is 36.5 Å². The highest BCUT2D eigenvalue weighted by molar-refractivity contribution is 5.43. The van der Waals surface area contributed by atoms with Crippen molar-refractivity contribution in [3.63, 3.8) is 0 Å². The highest BCUT2D eigenvalue weighted by Gasteiger charge is 2.30. The number of alkyl halides is 3. The first-order valence-electron chi connectivity index (χ1n) is 7.27. The summed E-state index contributed by atoms with van der Waals surface area (Å²) in [6, 6.07) is 4.29. The average molecular weight is 301 g/mol. The first-order valence-corrected chi connectivity index (χ1v) is 7.27. The van der Waals surface area contributed by atoms with E-state index in [0.29, 0.717) is 18.4 Å². The van der Waals surface area contributed by atoms with Crippen molar-refractivity contribution in [3.05, 3.63) is 23.4 Å². The summed E-state index contributed by atoms with van der Waals surface area (Å²) in [4.78, 5) is 5.52. The van der Waals surface area contributed by atoms with E-state index in [9.17, 15) is 13.2 Å². The Hall–Kier alpha value is -1.30. The molecule has 1 fully saturated rings. The van der Waals surface area contributed by atoms with Gasteiger partial charge in [0.1, 0.15) is 12.4 Å². The normalized spacial score (nSPS) is 15.6. The zero-order chi connectivity index (χ0) is 15.6. The minimum absolute atomic E-state index is 0.184.